The largest absolute Gasteiger partial charge is 0.548 e. The van der Waals surface area contributed by atoms with Crippen LogP contribution >= 0.6 is 0 Å². The molecule has 0 aromatic heterocycles. The average Bonchev–Trinajstić information content (AvgIpc) is 2.11. The Morgan fingerprint density at radius 1 is 1.25 bits per heavy atom. The van der Waals surface area contributed by atoms with Crippen LogP contribution in [0, 0.1) is 0 Å². The zero-order valence-corrected chi connectivity index (χ0v) is 12.7. The van der Waals surface area contributed by atoms with E-state index >= 15 is 0 Å². The summed E-state index contributed by atoms with van der Waals surface area (Å²) in [5.74, 6) is 0.995. The molecule has 0 saturated heterocycles. The van der Waals surface area contributed by atoms with Crippen molar-refractivity contribution >= 4 is 8.32 Å². The van der Waals surface area contributed by atoms with Crippen molar-refractivity contribution in [2.24, 2.45) is 0 Å². The van der Waals surface area contributed by atoms with Gasteiger partial charge in [-0.3, -0.25) is 0 Å². The Hall–Kier alpha value is -0.723. The predicted molar refractivity (Wildman–Crippen MR) is 75.0 cm³/mol. The van der Waals surface area contributed by atoms with E-state index in [9.17, 15) is 0 Å². The molecule has 0 aliphatic rings. The summed E-state index contributed by atoms with van der Waals surface area (Å²) in [5.41, 5.74) is 4.60. The van der Waals surface area contributed by atoms with Crippen LogP contribution in [0.1, 0.15) is 40.0 Å². The van der Waals surface area contributed by atoms with Gasteiger partial charge < -0.3 is 4.43 Å². The minimum Gasteiger partial charge on any atom is -0.548 e. The molecule has 0 saturated carbocycles. The molecule has 0 N–H and O–H groups in total. The van der Waals surface area contributed by atoms with Crippen LogP contribution in [0.5, 0.6) is 0 Å². The lowest BCUT2D eigenvalue weighted by atomic mass is 10.1. The van der Waals surface area contributed by atoms with Gasteiger partial charge in [-0.2, -0.15) is 0 Å². The Bertz CT molecular complexity index is 288. The van der Waals surface area contributed by atoms with E-state index in [1.807, 2.05) is 19.1 Å². The third-order valence-electron chi connectivity index (χ3n) is 2.02. The van der Waals surface area contributed by atoms with Crippen molar-refractivity contribution in [2.75, 3.05) is 0 Å². The van der Waals surface area contributed by atoms with Gasteiger partial charge in [0, 0.05) is 0 Å². The standard InChI is InChI=1S/C14H26OSi/c1-7-8-10-13(2)11-9-12-14(3)15-16(4,5)6/h9,12H,7-8,10H2,1-6H3/b14-12+. The Balaban J connectivity index is 4.28. The average molecular weight is 238 g/mol. The van der Waals surface area contributed by atoms with Crippen molar-refractivity contribution in [1.82, 2.24) is 0 Å². The molecule has 0 heterocycles. The molecule has 0 spiro atoms. The van der Waals surface area contributed by atoms with Crippen LogP contribution in [0.25, 0.3) is 0 Å². The molecule has 0 amide bonds. The second-order valence-electron chi connectivity index (χ2n) is 5.19. The first-order valence-corrected chi connectivity index (χ1v) is 9.54. The van der Waals surface area contributed by atoms with Crippen LogP contribution in [0.4, 0.5) is 0 Å². The lowest BCUT2D eigenvalue weighted by molar-refractivity contribution is 0.424. The number of allylic oxidation sites excluding steroid dienone is 3. The summed E-state index contributed by atoms with van der Waals surface area (Å²) >= 11 is 0. The predicted octanol–water partition coefficient (Wildman–Crippen LogP) is 5.03. The maximum Gasteiger partial charge on any atom is 0.241 e. The molecule has 92 valence electrons. The fourth-order valence-electron chi connectivity index (χ4n) is 1.33. The Kier molecular flexibility index (Phi) is 7.19. The summed E-state index contributed by atoms with van der Waals surface area (Å²) in [4.78, 5) is 0. The Morgan fingerprint density at radius 3 is 2.38 bits per heavy atom. The number of unbranched alkanes of at least 4 members (excludes halogenated alkanes) is 1. The van der Waals surface area contributed by atoms with E-state index in [1.54, 1.807) is 0 Å². The zero-order chi connectivity index (χ0) is 12.6. The van der Waals surface area contributed by atoms with Gasteiger partial charge in [0.2, 0.25) is 8.32 Å². The fourth-order valence-corrected chi connectivity index (χ4v) is 2.37. The van der Waals surface area contributed by atoms with E-state index in [0.717, 1.165) is 12.2 Å². The quantitative estimate of drug-likeness (QED) is 0.273. The first-order chi connectivity index (χ1) is 7.35. The van der Waals surface area contributed by atoms with Crippen molar-refractivity contribution in [3.8, 4) is 0 Å². The molecular weight excluding hydrogens is 212 g/mol. The molecule has 0 rings (SSSR count). The minimum absolute atomic E-state index is 0.995. The number of hydrogen-bond acceptors (Lipinski definition) is 1. The highest BCUT2D eigenvalue weighted by Crippen LogP contribution is 2.09. The summed E-state index contributed by atoms with van der Waals surface area (Å²) in [5, 5.41) is 0. The molecule has 16 heavy (non-hydrogen) atoms. The van der Waals surface area contributed by atoms with E-state index in [1.165, 1.54) is 18.4 Å². The van der Waals surface area contributed by atoms with Crippen LogP contribution in [-0.4, -0.2) is 8.32 Å². The molecule has 0 radical (unpaired) electrons. The maximum absolute atomic E-state index is 5.82. The van der Waals surface area contributed by atoms with E-state index in [2.05, 4.69) is 39.2 Å². The Labute approximate surface area is 102 Å². The van der Waals surface area contributed by atoms with Gasteiger partial charge in [0.25, 0.3) is 0 Å². The summed E-state index contributed by atoms with van der Waals surface area (Å²) < 4.78 is 5.82. The van der Waals surface area contributed by atoms with E-state index in [4.69, 9.17) is 4.43 Å². The van der Waals surface area contributed by atoms with Gasteiger partial charge in [-0.05, 0) is 64.1 Å². The van der Waals surface area contributed by atoms with Gasteiger partial charge in [-0.1, -0.05) is 13.3 Å². The Morgan fingerprint density at radius 2 is 1.88 bits per heavy atom. The van der Waals surface area contributed by atoms with Gasteiger partial charge in [0.1, 0.15) is 0 Å². The highest BCUT2D eigenvalue weighted by Gasteiger charge is 2.15. The van der Waals surface area contributed by atoms with Gasteiger partial charge in [0.05, 0.1) is 5.76 Å². The van der Waals surface area contributed by atoms with E-state index in [-0.39, 0.29) is 0 Å². The second-order valence-corrected chi connectivity index (χ2v) is 9.62. The molecule has 1 nitrogen and oxygen atoms in total. The molecule has 0 unspecified atom stereocenters. The van der Waals surface area contributed by atoms with Crippen molar-refractivity contribution in [2.45, 2.75) is 59.7 Å². The lowest BCUT2D eigenvalue weighted by Crippen LogP contribution is -2.23. The first-order valence-electron chi connectivity index (χ1n) is 6.13. The highest BCUT2D eigenvalue weighted by atomic mass is 28.4. The number of hydrogen-bond donors (Lipinski definition) is 0. The third kappa shape index (κ3) is 9.82. The van der Waals surface area contributed by atoms with Gasteiger partial charge >= 0.3 is 0 Å². The minimum atomic E-state index is -1.44. The van der Waals surface area contributed by atoms with Crippen molar-refractivity contribution in [1.29, 1.82) is 0 Å². The summed E-state index contributed by atoms with van der Waals surface area (Å²) in [7, 11) is -1.44. The van der Waals surface area contributed by atoms with Crippen LogP contribution in [0.3, 0.4) is 0 Å². The monoisotopic (exact) mass is 238 g/mol. The molecule has 0 bridgehead atoms. The van der Waals surface area contributed by atoms with Crippen LogP contribution in [0.2, 0.25) is 19.6 Å². The number of rotatable bonds is 6. The first kappa shape index (κ1) is 15.3. The maximum atomic E-state index is 5.82. The van der Waals surface area contributed by atoms with Crippen molar-refractivity contribution in [3.63, 3.8) is 0 Å². The van der Waals surface area contributed by atoms with Crippen molar-refractivity contribution < 1.29 is 4.43 Å². The molecule has 0 fully saturated rings. The SMILES string of the molecule is CCCCC(C)=C=C/C=C(\C)O[Si](C)(C)C. The molecule has 0 atom stereocenters. The third-order valence-corrected chi connectivity index (χ3v) is 2.95. The smallest absolute Gasteiger partial charge is 0.241 e. The van der Waals surface area contributed by atoms with Crippen molar-refractivity contribution in [3.05, 3.63) is 29.2 Å². The molecule has 0 aliphatic carbocycles. The normalized spacial score (nSPS) is 12.0. The van der Waals surface area contributed by atoms with Crippen LogP contribution < -0.4 is 0 Å². The van der Waals surface area contributed by atoms with Gasteiger partial charge in [-0.25, -0.2) is 0 Å². The molecular formula is C14H26OSi. The molecule has 0 aliphatic heterocycles. The zero-order valence-electron chi connectivity index (χ0n) is 11.7. The summed E-state index contributed by atoms with van der Waals surface area (Å²) in [6.07, 6.45) is 7.62. The van der Waals surface area contributed by atoms with Crippen LogP contribution in [0.15, 0.2) is 29.2 Å². The summed E-state index contributed by atoms with van der Waals surface area (Å²) in [6, 6.07) is 0. The van der Waals surface area contributed by atoms with Gasteiger partial charge in [-0.15, -0.1) is 5.73 Å². The second kappa shape index (κ2) is 7.53. The molecule has 0 aromatic carbocycles. The van der Waals surface area contributed by atoms with E-state index < -0.39 is 8.32 Å². The van der Waals surface area contributed by atoms with E-state index in [0.29, 0.717) is 0 Å². The topological polar surface area (TPSA) is 9.23 Å². The molecule has 2 heteroatoms. The fraction of sp³-hybridized carbons (Fsp3) is 0.643. The molecule has 0 aromatic rings. The highest BCUT2D eigenvalue weighted by molar-refractivity contribution is 6.70. The van der Waals surface area contributed by atoms with Gasteiger partial charge in [0.15, 0.2) is 0 Å². The summed E-state index contributed by atoms with van der Waals surface area (Å²) in [6.45, 7) is 12.9. The lowest BCUT2D eigenvalue weighted by Gasteiger charge is -2.18. The van der Waals surface area contributed by atoms with Crippen LogP contribution in [-0.2, 0) is 4.43 Å².